The van der Waals surface area contributed by atoms with E-state index in [-0.39, 0.29) is 12.0 Å². The molecule has 114 valence electrons. The number of amides is 1. The van der Waals surface area contributed by atoms with E-state index in [1.54, 1.807) is 0 Å². The third-order valence-electron chi connectivity index (χ3n) is 3.86. The van der Waals surface area contributed by atoms with Gasteiger partial charge in [-0.2, -0.15) is 0 Å². The number of hydrogen-bond donors (Lipinski definition) is 2. The maximum absolute atomic E-state index is 12.3. The molecule has 0 aromatic carbocycles. The van der Waals surface area contributed by atoms with Crippen molar-refractivity contribution in [3.8, 4) is 0 Å². The summed E-state index contributed by atoms with van der Waals surface area (Å²) in [5.41, 5.74) is 0.636. The van der Waals surface area contributed by atoms with Gasteiger partial charge < -0.3 is 19.7 Å². The lowest BCUT2D eigenvalue weighted by atomic mass is 10.2. The average molecular weight is 357 g/mol. The van der Waals surface area contributed by atoms with Crippen LogP contribution < -0.4 is 5.32 Å². The van der Waals surface area contributed by atoms with E-state index >= 15 is 0 Å². The summed E-state index contributed by atoms with van der Waals surface area (Å²) in [7, 11) is 0. The summed E-state index contributed by atoms with van der Waals surface area (Å²) in [4.78, 5) is 23.1. The van der Waals surface area contributed by atoms with E-state index in [0.717, 1.165) is 17.3 Å². The molecule has 2 unspecified atom stereocenters. The van der Waals surface area contributed by atoms with Gasteiger partial charge >= 0.3 is 5.97 Å². The molecule has 2 aliphatic rings. The molecule has 1 aromatic heterocycles. The van der Waals surface area contributed by atoms with Crippen LogP contribution in [0.4, 0.5) is 0 Å². The topological polar surface area (TPSA) is 80.6 Å². The van der Waals surface area contributed by atoms with Gasteiger partial charge in [0.15, 0.2) is 6.10 Å². The number of ether oxygens (including phenoxy) is 1. The van der Waals surface area contributed by atoms with Crippen molar-refractivity contribution in [2.45, 2.75) is 43.9 Å². The minimum absolute atomic E-state index is 0.144. The van der Waals surface area contributed by atoms with Gasteiger partial charge in [0.25, 0.3) is 5.91 Å². The zero-order valence-electron chi connectivity index (χ0n) is 11.4. The quantitative estimate of drug-likeness (QED) is 0.844. The Balaban J connectivity index is 1.56. The number of hydrogen-bond acceptors (Lipinski definition) is 3. The van der Waals surface area contributed by atoms with Crippen molar-refractivity contribution in [3.63, 3.8) is 0 Å². The zero-order valence-corrected chi connectivity index (χ0v) is 13.0. The SMILES string of the molecule is O=C(NCC1CCC(C(=O)O)O1)c1cc(Br)cn1C1CC1. The average Bonchev–Trinajstić information content (AvgIpc) is 3.04. The lowest BCUT2D eigenvalue weighted by molar-refractivity contribution is -0.149. The number of nitrogens with one attached hydrogen (secondary N) is 1. The number of nitrogens with zero attached hydrogens (tertiary/aromatic N) is 1. The molecule has 0 bridgehead atoms. The predicted molar refractivity (Wildman–Crippen MR) is 78.3 cm³/mol. The fourth-order valence-corrected chi connectivity index (χ4v) is 3.05. The van der Waals surface area contributed by atoms with Crippen LogP contribution in [0.25, 0.3) is 0 Å². The van der Waals surface area contributed by atoms with Gasteiger partial charge in [0.05, 0.1) is 6.10 Å². The second-order valence-corrected chi connectivity index (χ2v) is 6.47. The Kier molecular flexibility index (Phi) is 4.03. The first-order chi connectivity index (χ1) is 10.0. The van der Waals surface area contributed by atoms with Crippen molar-refractivity contribution in [1.82, 2.24) is 9.88 Å². The number of rotatable bonds is 5. The molecule has 1 amide bonds. The summed E-state index contributed by atoms with van der Waals surface area (Å²) in [5.74, 6) is -1.08. The van der Waals surface area contributed by atoms with Gasteiger partial charge in [-0.25, -0.2) is 4.79 Å². The monoisotopic (exact) mass is 356 g/mol. The fraction of sp³-hybridized carbons (Fsp3) is 0.571. The Labute approximate surface area is 130 Å². The van der Waals surface area contributed by atoms with Crippen LogP contribution in [0.5, 0.6) is 0 Å². The highest BCUT2D eigenvalue weighted by Gasteiger charge is 2.31. The number of aliphatic carboxylic acids is 1. The van der Waals surface area contributed by atoms with Crippen molar-refractivity contribution in [2.75, 3.05) is 6.54 Å². The molecule has 7 heteroatoms. The molecule has 1 saturated carbocycles. The maximum Gasteiger partial charge on any atom is 0.332 e. The number of halogens is 1. The maximum atomic E-state index is 12.3. The van der Waals surface area contributed by atoms with Crippen LogP contribution in [-0.4, -0.2) is 40.3 Å². The van der Waals surface area contributed by atoms with Crippen LogP contribution in [-0.2, 0) is 9.53 Å². The van der Waals surface area contributed by atoms with Gasteiger partial charge in [-0.3, -0.25) is 4.79 Å². The normalized spacial score (nSPS) is 25.0. The standard InChI is InChI=1S/C14H17BrN2O4/c15-8-5-11(17(7-8)9-1-2-9)13(18)16-6-10-3-4-12(21-10)14(19)20/h5,7,9-10,12H,1-4,6H2,(H,16,18)(H,19,20). The van der Waals surface area contributed by atoms with Crippen molar-refractivity contribution >= 4 is 27.8 Å². The molecule has 6 nitrogen and oxygen atoms in total. The molecule has 1 aromatic rings. The number of aromatic nitrogens is 1. The highest BCUT2D eigenvalue weighted by atomic mass is 79.9. The van der Waals surface area contributed by atoms with Crippen LogP contribution in [0.2, 0.25) is 0 Å². The van der Waals surface area contributed by atoms with Crippen LogP contribution in [0.15, 0.2) is 16.7 Å². The van der Waals surface area contributed by atoms with Crippen molar-refractivity contribution < 1.29 is 19.4 Å². The summed E-state index contributed by atoms with van der Waals surface area (Å²) in [5, 5.41) is 11.7. The smallest absolute Gasteiger partial charge is 0.332 e. The van der Waals surface area contributed by atoms with Gasteiger partial charge in [-0.05, 0) is 47.7 Å². The lowest BCUT2D eigenvalue weighted by Crippen LogP contribution is -2.34. The van der Waals surface area contributed by atoms with Gasteiger partial charge in [0.2, 0.25) is 0 Å². The fourth-order valence-electron chi connectivity index (χ4n) is 2.62. The summed E-state index contributed by atoms with van der Waals surface area (Å²) in [6.45, 7) is 0.343. The molecule has 1 saturated heterocycles. The second-order valence-electron chi connectivity index (χ2n) is 5.55. The third kappa shape index (κ3) is 3.29. The Hall–Kier alpha value is -1.34. The van der Waals surface area contributed by atoms with Crippen LogP contribution in [0.1, 0.15) is 42.2 Å². The highest BCUT2D eigenvalue weighted by molar-refractivity contribution is 9.10. The molecule has 2 N–H and O–H groups in total. The summed E-state index contributed by atoms with van der Waals surface area (Å²) in [6.07, 6.45) is 4.34. The van der Waals surface area contributed by atoms with E-state index in [2.05, 4.69) is 21.2 Å². The van der Waals surface area contributed by atoms with Crippen LogP contribution >= 0.6 is 15.9 Å². The Morgan fingerprint density at radius 1 is 1.38 bits per heavy atom. The largest absolute Gasteiger partial charge is 0.479 e. The van der Waals surface area contributed by atoms with Crippen LogP contribution in [0, 0.1) is 0 Å². The molecule has 0 spiro atoms. The lowest BCUT2D eigenvalue weighted by Gasteiger charge is -2.13. The first kappa shape index (κ1) is 14.6. The molecule has 1 aliphatic heterocycles. The van der Waals surface area contributed by atoms with Gasteiger partial charge in [0.1, 0.15) is 5.69 Å². The van der Waals surface area contributed by atoms with Gasteiger partial charge in [0, 0.05) is 23.3 Å². The Bertz CT molecular complexity index is 567. The third-order valence-corrected chi connectivity index (χ3v) is 4.30. The number of carboxylic acid groups (broad SMARTS) is 1. The van der Waals surface area contributed by atoms with Crippen molar-refractivity contribution in [3.05, 3.63) is 22.4 Å². The summed E-state index contributed by atoms with van der Waals surface area (Å²) >= 11 is 3.40. The molecular formula is C14H17BrN2O4. The first-order valence-corrected chi connectivity index (χ1v) is 7.87. The molecular weight excluding hydrogens is 340 g/mol. The van der Waals surface area contributed by atoms with E-state index in [9.17, 15) is 9.59 Å². The molecule has 2 atom stereocenters. The second kappa shape index (κ2) is 5.81. The molecule has 21 heavy (non-hydrogen) atoms. The number of carbonyl (C=O) groups is 2. The molecule has 0 radical (unpaired) electrons. The Morgan fingerprint density at radius 3 is 2.76 bits per heavy atom. The van der Waals surface area contributed by atoms with Gasteiger partial charge in [-0.1, -0.05) is 0 Å². The van der Waals surface area contributed by atoms with E-state index in [1.165, 1.54) is 0 Å². The number of carboxylic acids is 1. The molecule has 1 aliphatic carbocycles. The van der Waals surface area contributed by atoms with Gasteiger partial charge in [-0.15, -0.1) is 0 Å². The highest BCUT2D eigenvalue weighted by Crippen LogP contribution is 2.37. The number of carbonyl (C=O) groups excluding carboxylic acids is 1. The predicted octanol–water partition coefficient (Wildman–Crippen LogP) is 1.95. The Morgan fingerprint density at radius 2 is 2.14 bits per heavy atom. The minimum atomic E-state index is -0.935. The van der Waals surface area contributed by atoms with E-state index in [1.807, 2.05) is 16.8 Å². The first-order valence-electron chi connectivity index (χ1n) is 7.08. The van der Waals surface area contributed by atoms with E-state index in [0.29, 0.717) is 31.1 Å². The molecule has 2 fully saturated rings. The van der Waals surface area contributed by atoms with Crippen molar-refractivity contribution in [2.24, 2.45) is 0 Å². The van der Waals surface area contributed by atoms with Crippen molar-refractivity contribution in [1.29, 1.82) is 0 Å². The summed E-state index contributed by atoms with van der Waals surface area (Å²) in [6, 6.07) is 2.24. The molecule has 3 rings (SSSR count). The van der Waals surface area contributed by atoms with E-state index < -0.39 is 12.1 Å². The van der Waals surface area contributed by atoms with E-state index in [4.69, 9.17) is 9.84 Å². The zero-order chi connectivity index (χ0) is 15.0. The summed E-state index contributed by atoms with van der Waals surface area (Å²) < 4.78 is 8.26. The molecule has 2 heterocycles. The van der Waals surface area contributed by atoms with Crippen LogP contribution in [0.3, 0.4) is 0 Å². The minimum Gasteiger partial charge on any atom is -0.479 e.